The van der Waals surface area contributed by atoms with Crippen molar-refractivity contribution in [3.05, 3.63) is 64.3 Å². The molecule has 1 aromatic heterocycles. The average Bonchev–Trinajstić information content (AvgIpc) is 2.75. The number of hydrogen-bond donors (Lipinski definition) is 2. The largest absolute Gasteiger partial charge is 0.478 e. The van der Waals surface area contributed by atoms with E-state index >= 15 is 0 Å². The van der Waals surface area contributed by atoms with Crippen LogP contribution in [0.4, 0.5) is 11.5 Å². The number of pyridine rings is 1. The predicted octanol–water partition coefficient (Wildman–Crippen LogP) is 5.90. The van der Waals surface area contributed by atoms with E-state index in [-0.39, 0.29) is 11.5 Å². The molecule has 0 unspecified atom stereocenters. The lowest BCUT2D eigenvalue weighted by Crippen LogP contribution is -2.32. The highest BCUT2D eigenvalue weighted by Gasteiger charge is 2.21. The number of carbonyl (C=O) groups excluding carboxylic acids is 1. The van der Waals surface area contributed by atoms with Gasteiger partial charge in [0.1, 0.15) is 5.82 Å². The molecule has 1 amide bonds. The SMILES string of the molecule is CCCN(CCC)C(=O)c1cnc(Nc2cc(C(=O)O)ccc2C)c2cccc(Cl)c12. The number of nitrogens with one attached hydrogen (secondary N) is 1. The van der Waals surface area contributed by atoms with E-state index in [1.807, 2.05) is 37.8 Å². The van der Waals surface area contributed by atoms with Gasteiger partial charge < -0.3 is 15.3 Å². The molecular weight excluding hydrogens is 414 g/mol. The normalized spacial score (nSPS) is 10.8. The first-order valence-corrected chi connectivity index (χ1v) is 10.7. The molecule has 7 heteroatoms. The molecule has 0 bridgehead atoms. The van der Waals surface area contributed by atoms with Crippen LogP contribution in [0.15, 0.2) is 42.6 Å². The Labute approximate surface area is 186 Å². The Hall–Kier alpha value is -3.12. The molecule has 0 atom stereocenters. The van der Waals surface area contributed by atoms with Crippen LogP contribution in [-0.2, 0) is 0 Å². The second kappa shape index (κ2) is 9.79. The van der Waals surface area contributed by atoms with Gasteiger partial charge in [-0.2, -0.15) is 0 Å². The maximum absolute atomic E-state index is 13.3. The number of carbonyl (C=O) groups is 2. The molecular formula is C24H26ClN3O3. The molecule has 0 aliphatic heterocycles. The van der Waals surface area contributed by atoms with Crippen LogP contribution in [0.3, 0.4) is 0 Å². The number of fused-ring (bicyclic) bond motifs is 1. The summed E-state index contributed by atoms with van der Waals surface area (Å²) in [6.45, 7) is 7.30. The quantitative estimate of drug-likeness (QED) is 0.456. The number of anilines is 2. The Bertz CT molecular complexity index is 1120. The Morgan fingerprint density at radius 1 is 1.13 bits per heavy atom. The van der Waals surface area contributed by atoms with Crippen molar-refractivity contribution in [3.8, 4) is 0 Å². The van der Waals surface area contributed by atoms with E-state index in [4.69, 9.17) is 11.6 Å². The van der Waals surface area contributed by atoms with Crippen molar-refractivity contribution >= 4 is 45.8 Å². The second-order valence-electron chi connectivity index (χ2n) is 7.43. The molecule has 0 radical (unpaired) electrons. The molecule has 2 N–H and O–H groups in total. The highest BCUT2D eigenvalue weighted by atomic mass is 35.5. The predicted molar refractivity (Wildman–Crippen MR) is 125 cm³/mol. The summed E-state index contributed by atoms with van der Waals surface area (Å²) >= 11 is 6.53. The number of nitrogens with zero attached hydrogens (tertiary/aromatic N) is 2. The van der Waals surface area contributed by atoms with Gasteiger partial charge in [-0.3, -0.25) is 4.79 Å². The first-order chi connectivity index (χ1) is 14.9. The highest BCUT2D eigenvalue weighted by Crippen LogP contribution is 2.33. The summed E-state index contributed by atoms with van der Waals surface area (Å²) in [6.07, 6.45) is 3.28. The fraction of sp³-hybridized carbons (Fsp3) is 0.292. The van der Waals surface area contributed by atoms with Crippen LogP contribution in [0.2, 0.25) is 5.02 Å². The van der Waals surface area contributed by atoms with Gasteiger partial charge in [-0.25, -0.2) is 9.78 Å². The number of aromatic carboxylic acids is 1. The number of carboxylic acids is 1. The monoisotopic (exact) mass is 439 g/mol. The van der Waals surface area contributed by atoms with Gasteiger partial charge in [0.05, 0.1) is 11.1 Å². The van der Waals surface area contributed by atoms with Gasteiger partial charge in [0.15, 0.2) is 0 Å². The minimum atomic E-state index is -1.00. The van der Waals surface area contributed by atoms with E-state index in [1.54, 1.807) is 30.5 Å². The summed E-state index contributed by atoms with van der Waals surface area (Å²) in [5.41, 5.74) is 2.15. The fourth-order valence-corrected chi connectivity index (χ4v) is 3.84. The van der Waals surface area contributed by atoms with Crippen LogP contribution in [-0.4, -0.2) is 40.0 Å². The second-order valence-corrected chi connectivity index (χ2v) is 7.84. The summed E-state index contributed by atoms with van der Waals surface area (Å²) < 4.78 is 0. The van der Waals surface area contributed by atoms with E-state index in [0.717, 1.165) is 18.4 Å². The lowest BCUT2D eigenvalue weighted by molar-refractivity contribution is 0.0695. The molecule has 3 rings (SSSR count). The zero-order valence-corrected chi connectivity index (χ0v) is 18.7. The molecule has 0 spiro atoms. The summed E-state index contributed by atoms with van der Waals surface area (Å²) in [5.74, 6) is -0.584. The number of aromatic nitrogens is 1. The molecule has 0 saturated heterocycles. The molecule has 0 aliphatic rings. The molecule has 6 nitrogen and oxygen atoms in total. The number of halogens is 1. The maximum atomic E-state index is 13.3. The van der Waals surface area contributed by atoms with Crippen molar-refractivity contribution in [2.75, 3.05) is 18.4 Å². The molecule has 0 aliphatic carbocycles. The number of carboxylic acid groups (broad SMARTS) is 1. The van der Waals surface area contributed by atoms with Crippen molar-refractivity contribution in [2.45, 2.75) is 33.6 Å². The van der Waals surface area contributed by atoms with Gasteiger partial charge in [-0.05, 0) is 43.5 Å². The van der Waals surface area contributed by atoms with Gasteiger partial charge in [0.25, 0.3) is 5.91 Å². The summed E-state index contributed by atoms with van der Waals surface area (Å²) in [7, 11) is 0. The third-order valence-electron chi connectivity index (χ3n) is 5.10. The molecule has 3 aromatic rings. The van der Waals surface area contributed by atoms with Crippen molar-refractivity contribution < 1.29 is 14.7 Å². The Morgan fingerprint density at radius 2 is 1.84 bits per heavy atom. The molecule has 162 valence electrons. The van der Waals surface area contributed by atoms with E-state index in [1.165, 1.54) is 0 Å². The number of benzene rings is 2. The van der Waals surface area contributed by atoms with Crippen LogP contribution in [0.5, 0.6) is 0 Å². The van der Waals surface area contributed by atoms with Gasteiger partial charge in [-0.15, -0.1) is 0 Å². The fourth-order valence-electron chi connectivity index (χ4n) is 3.56. The Morgan fingerprint density at radius 3 is 2.48 bits per heavy atom. The summed E-state index contributed by atoms with van der Waals surface area (Å²) in [5, 5.41) is 14.3. The first-order valence-electron chi connectivity index (χ1n) is 10.3. The zero-order chi connectivity index (χ0) is 22.5. The molecule has 0 saturated carbocycles. The number of amides is 1. The van der Waals surface area contributed by atoms with E-state index in [9.17, 15) is 14.7 Å². The lowest BCUT2D eigenvalue weighted by Gasteiger charge is -2.23. The van der Waals surface area contributed by atoms with E-state index < -0.39 is 5.97 Å². The van der Waals surface area contributed by atoms with E-state index in [2.05, 4.69) is 10.3 Å². The Kier molecular flexibility index (Phi) is 7.13. The summed E-state index contributed by atoms with van der Waals surface area (Å²) in [6, 6.07) is 10.3. The number of rotatable bonds is 8. The van der Waals surface area contributed by atoms with Crippen LogP contribution >= 0.6 is 11.6 Å². The number of aryl methyl sites for hydroxylation is 1. The Balaban J connectivity index is 2.10. The minimum absolute atomic E-state index is 0.0927. The van der Waals surface area contributed by atoms with Crippen LogP contribution in [0.1, 0.15) is 53.0 Å². The van der Waals surface area contributed by atoms with E-state index in [0.29, 0.717) is 46.0 Å². The number of hydrogen-bond acceptors (Lipinski definition) is 4. The maximum Gasteiger partial charge on any atom is 0.335 e. The molecule has 0 fully saturated rings. The van der Waals surface area contributed by atoms with Crippen molar-refractivity contribution in [1.82, 2.24) is 9.88 Å². The minimum Gasteiger partial charge on any atom is -0.478 e. The lowest BCUT2D eigenvalue weighted by atomic mass is 10.0. The third kappa shape index (κ3) is 4.80. The highest BCUT2D eigenvalue weighted by molar-refractivity contribution is 6.37. The zero-order valence-electron chi connectivity index (χ0n) is 17.9. The van der Waals surface area contributed by atoms with Crippen molar-refractivity contribution in [3.63, 3.8) is 0 Å². The van der Waals surface area contributed by atoms with Gasteiger partial charge in [0.2, 0.25) is 0 Å². The van der Waals surface area contributed by atoms with Gasteiger partial charge >= 0.3 is 5.97 Å². The van der Waals surface area contributed by atoms with Crippen molar-refractivity contribution in [2.24, 2.45) is 0 Å². The van der Waals surface area contributed by atoms with Gasteiger partial charge in [-0.1, -0.05) is 43.6 Å². The first kappa shape index (κ1) is 22.6. The average molecular weight is 440 g/mol. The van der Waals surface area contributed by atoms with Gasteiger partial charge in [0, 0.05) is 40.8 Å². The van der Waals surface area contributed by atoms with Crippen LogP contribution in [0, 0.1) is 6.92 Å². The standard InChI is InChI=1S/C24H26ClN3O3/c1-4-11-28(12-5-2)23(29)18-14-26-22(17-7-6-8-19(25)21(17)18)27-20-13-16(24(30)31)10-9-15(20)3/h6-10,13-14H,4-5,11-12H2,1-3H3,(H,26,27)(H,30,31). The molecule has 31 heavy (non-hydrogen) atoms. The topological polar surface area (TPSA) is 82.5 Å². The van der Waals surface area contributed by atoms with Crippen LogP contribution < -0.4 is 5.32 Å². The summed E-state index contributed by atoms with van der Waals surface area (Å²) in [4.78, 5) is 31.0. The smallest absolute Gasteiger partial charge is 0.335 e. The van der Waals surface area contributed by atoms with Crippen LogP contribution in [0.25, 0.3) is 10.8 Å². The molecule has 1 heterocycles. The third-order valence-corrected chi connectivity index (χ3v) is 5.42. The molecule has 2 aromatic carbocycles. The van der Waals surface area contributed by atoms with Crippen molar-refractivity contribution in [1.29, 1.82) is 0 Å².